The fourth-order valence-electron chi connectivity index (χ4n) is 2.23. The highest BCUT2D eigenvalue weighted by Crippen LogP contribution is 2.36. The number of benzene rings is 1. The van der Waals surface area contributed by atoms with E-state index in [1.165, 1.54) is 23.5 Å². The van der Waals surface area contributed by atoms with E-state index in [1.54, 1.807) is 30.2 Å². The van der Waals surface area contributed by atoms with Gasteiger partial charge in [0.15, 0.2) is 5.78 Å². The van der Waals surface area contributed by atoms with E-state index in [0.717, 1.165) is 16.2 Å². The molecule has 0 saturated carbocycles. The van der Waals surface area contributed by atoms with Crippen LogP contribution in [0.1, 0.15) is 32.7 Å². The van der Waals surface area contributed by atoms with Crippen LogP contribution in [-0.4, -0.2) is 5.78 Å². The molecule has 118 valence electrons. The maximum atomic E-state index is 13.2. The summed E-state index contributed by atoms with van der Waals surface area (Å²) >= 11 is 3.08. The van der Waals surface area contributed by atoms with Crippen molar-refractivity contribution in [1.82, 2.24) is 0 Å². The lowest BCUT2D eigenvalue weighted by Crippen LogP contribution is -2.04. The van der Waals surface area contributed by atoms with Gasteiger partial charge in [-0.3, -0.25) is 4.79 Å². The van der Waals surface area contributed by atoms with Gasteiger partial charge in [-0.05, 0) is 41.3 Å². The van der Waals surface area contributed by atoms with Crippen molar-refractivity contribution in [1.29, 1.82) is 0 Å². The van der Waals surface area contributed by atoms with Gasteiger partial charge in [-0.25, -0.2) is 4.39 Å². The van der Waals surface area contributed by atoms with Crippen molar-refractivity contribution in [3.63, 3.8) is 0 Å². The van der Waals surface area contributed by atoms with Crippen molar-refractivity contribution >= 4 is 28.9 Å². The first kappa shape index (κ1) is 16.0. The highest BCUT2D eigenvalue weighted by molar-refractivity contribution is 7.98. The van der Waals surface area contributed by atoms with E-state index in [1.807, 2.05) is 29.6 Å². The number of rotatable bonds is 7. The van der Waals surface area contributed by atoms with Gasteiger partial charge in [-0.2, -0.15) is 0 Å². The number of Topliss-reactive ketones (excluding diaryl/α,β-unsaturated/α-hetero) is 1. The number of thioether (sulfide) groups is 1. The van der Waals surface area contributed by atoms with Gasteiger partial charge in [0.25, 0.3) is 0 Å². The topological polar surface area (TPSA) is 30.2 Å². The standard InChI is InChI=1S/C18H15FO2S2/c19-14-7-5-13(6-8-14)18(23-12-15-3-1-9-21-15)11-16(20)17-4-2-10-22-17/h1-10,18H,11-12H2/t18-/m0/s1. The summed E-state index contributed by atoms with van der Waals surface area (Å²) in [7, 11) is 0. The van der Waals surface area contributed by atoms with Gasteiger partial charge in [-0.1, -0.05) is 18.2 Å². The molecule has 2 aromatic heterocycles. The fraction of sp³-hybridized carbons (Fsp3) is 0.167. The van der Waals surface area contributed by atoms with Crippen LogP contribution < -0.4 is 0 Å². The van der Waals surface area contributed by atoms with Gasteiger partial charge in [0.05, 0.1) is 16.9 Å². The smallest absolute Gasteiger partial charge is 0.174 e. The van der Waals surface area contributed by atoms with Crippen LogP contribution in [0.25, 0.3) is 0 Å². The van der Waals surface area contributed by atoms with Crippen LogP contribution in [0.4, 0.5) is 4.39 Å². The van der Waals surface area contributed by atoms with Gasteiger partial charge in [-0.15, -0.1) is 23.1 Å². The molecular weight excluding hydrogens is 331 g/mol. The van der Waals surface area contributed by atoms with E-state index in [0.29, 0.717) is 12.2 Å². The van der Waals surface area contributed by atoms with E-state index in [2.05, 4.69) is 0 Å². The molecule has 0 unspecified atom stereocenters. The molecule has 23 heavy (non-hydrogen) atoms. The quantitative estimate of drug-likeness (QED) is 0.512. The molecule has 0 aliphatic rings. The minimum absolute atomic E-state index is 0.0321. The second kappa shape index (κ2) is 7.62. The fourth-order valence-corrected chi connectivity index (χ4v) is 4.06. The van der Waals surface area contributed by atoms with Crippen molar-refractivity contribution in [2.75, 3.05) is 0 Å². The summed E-state index contributed by atoms with van der Waals surface area (Å²) in [4.78, 5) is 13.2. The van der Waals surface area contributed by atoms with Crippen molar-refractivity contribution in [3.8, 4) is 0 Å². The van der Waals surface area contributed by atoms with Crippen molar-refractivity contribution in [2.24, 2.45) is 0 Å². The first-order chi connectivity index (χ1) is 11.2. The van der Waals surface area contributed by atoms with Gasteiger partial charge in [0.1, 0.15) is 11.6 Å². The Labute approximate surface area is 142 Å². The Morgan fingerprint density at radius 3 is 2.65 bits per heavy atom. The lowest BCUT2D eigenvalue weighted by molar-refractivity contribution is 0.0986. The molecule has 0 fully saturated rings. The monoisotopic (exact) mass is 346 g/mol. The van der Waals surface area contributed by atoms with Crippen molar-refractivity contribution < 1.29 is 13.6 Å². The average Bonchev–Trinajstić information content (AvgIpc) is 3.25. The molecule has 1 atom stereocenters. The van der Waals surface area contributed by atoms with Gasteiger partial charge in [0, 0.05) is 11.7 Å². The Morgan fingerprint density at radius 2 is 2.00 bits per heavy atom. The molecule has 0 spiro atoms. The zero-order chi connectivity index (χ0) is 16.1. The SMILES string of the molecule is O=C(C[C@H](SCc1ccco1)c1ccc(F)cc1)c1cccs1. The maximum absolute atomic E-state index is 13.2. The summed E-state index contributed by atoms with van der Waals surface area (Å²) in [5.41, 5.74) is 0.952. The summed E-state index contributed by atoms with van der Waals surface area (Å²) in [6.07, 6.45) is 2.02. The number of hydrogen-bond donors (Lipinski definition) is 0. The molecule has 0 aliphatic heterocycles. The van der Waals surface area contributed by atoms with Crippen LogP contribution in [-0.2, 0) is 5.75 Å². The minimum atomic E-state index is -0.270. The first-order valence-electron chi connectivity index (χ1n) is 7.18. The third-order valence-electron chi connectivity index (χ3n) is 3.42. The van der Waals surface area contributed by atoms with E-state index in [4.69, 9.17) is 4.42 Å². The Hall–Kier alpha value is -1.85. The number of carbonyl (C=O) groups excluding carboxylic acids is 1. The van der Waals surface area contributed by atoms with E-state index < -0.39 is 0 Å². The molecule has 3 aromatic rings. The maximum Gasteiger partial charge on any atom is 0.174 e. The lowest BCUT2D eigenvalue weighted by atomic mass is 10.1. The summed E-state index contributed by atoms with van der Waals surface area (Å²) in [6.45, 7) is 0. The zero-order valence-corrected chi connectivity index (χ0v) is 13.9. The minimum Gasteiger partial charge on any atom is -0.468 e. The van der Waals surface area contributed by atoms with Crippen LogP contribution in [0.2, 0.25) is 0 Å². The number of hydrogen-bond acceptors (Lipinski definition) is 4. The number of thiophene rings is 1. The van der Waals surface area contributed by atoms with Crippen LogP contribution in [0, 0.1) is 5.82 Å². The van der Waals surface area contributed by atoms with Crippen LogP contribution in [0.15, 0.2) is 64.6 Å². The third kappa shape index (κ3) is 4.33. The first-order valence-corrected chi connectivity index (χ1v) is 9.11. The number of carbonyl (C=O) groups is 1. The average molecular weight is 346 g/mol. The highest BCUT2D eigenvalue weighted by atomic mass is 32.2. The van der Waals surface area contributed by atoms with Crippen molar-refractivity contribution in [2.45, 2.75) is 17.4 Å². The second-order valence-corrected chi connectivity index (χ2v) is 7.17. The van der Waals surface area contributed by atoms with Crippen LogP contribution in [0.3, 0.4) is 0 Å². The Bertz CT molecular complexity index is 734. The molecule has 2 nitrogen and oxygen atoms in total. The van der Waals surface area contributed by atoms with Gasteiger partial charge >= 0.3 is 0 Å². The summed E-state index contributed by atoms with van der Waals surface area (Å²) in [5.74, 6) is 1.38. The van der Waals surface area contributed by atoms with E-state index in [-0.39, 0.29) is 16.9 Å². The molecule has 2 heterocycles. The number of halogens is 1. The second-order valence-electron chi connectivity index (χ2n) is 5.04. The molecule has 3 rings (SSSR count). The van der Waals surface area contributed by atoms with Gasteiger partial charge < -0.3 is 4.42 Å². The molecule has 1 aromatic carbocycles. The predicted octanol–water partition coefficient (Wildman–Crippen LogP) is 5.73. The summed E-state index contributed by atoms with van der Waals surface area (Å²) in [6, 6.07) is 13.8. The van der Waals surface area contributed by atoms with E-state index in [9.17, 15) is 9.18 Å². The lowest BCUT2D eigenvalue weighted by Gasteiger charge is -2.15. The Morgan fingerprint density at radius 1 is 1.17 bits per heavy atom. The van der Waals surface area contributed by atoms with Crippen LogP contribution in [0.5, 0.6) is 0 Å². The molecule has 0 saturated heterocycles. The number of ketones is 1. The molecule has 0 radical (unpaired) electrons. The number of furan rings is 1. The predicted molar refractivity (Wildman–Crippen MR) is 92.4 cm³/mol. The zero-order valence-electron chi connectivity index (χ0n) is 12.3. The summed E-state index contributed by atoms with van der Waals surface area (Å²) in [5, 5.41) is 1.87. The molecule has 0 amide bonds. The largest absolute Gasteiger partial charge is 0.468 e. The van der Waals surface area contributed by atoms with E-state index >= 15 is 0 Å². The molecular formula is C18H15FO2S2. The van der Waals surface area contributed by atoms with Crippen molar-refractivity contribution in [3.05, 3.63) is 82.2 Å². The van der Waals surface area contributed by atoms with Crippen LogP contribution >= 0.6 is 23.1 Å². The molecule has 0 bridgehead atoms. The normalized spacial score (nSPS) is 12.2. The summed E-state index contributed by atoms with van der Waals surface area (Å²) < 4.78 is 18.5. The molecule has 0 N–H and O–H groups in total. The Kier molecular flexibility index (Phi) is 5.31. The Balaban J connectivity index is 1.74. The third-order valence-corrected chi connectivity index (χ3v) is 5.62. The van der Waals surface area contributed by atoms with Gasteiger partial charge in [0.2, 0.25) is 0 Å². The molecule has 5 heteroatoms. The molecule has 0 aliphatic carbocycles. The highest BCUT2D eigenvalue weighted by Gasteiger charge is 2.19.